The van der Waals surface area contributed by atoms with Crippen molar-refractivity contribution in [1.82, 2.24) is 9.88 Å². The van der Waals surface area contributed by atoms with Gasteiger partial charge in [-0.25, -0.2) is 4.98 Å². The number of benzene rings is 2. The second kappa shape index (κ2) is 9.07. The molecule has 0 saturated heterocycles. The average Bonchev–Trinajstić information content (AvgIpc) is 3.29. The van der Waals surface area contributed by atoms with E-state index < -0.39 is 23.5 Å². The van der Waals surface area contributed by atoms with E-state index in [1.165, 1.54) is 23.3 Å². The van der Waals surface area contributed by atoms with Gasteiger partial charge < -0.3 is 19.5 Å². The fraction of sp³-hybridized carbons (Fsp3) is 0.240. The number of carbonyl (C=O) groups excluding carboxylic acids is 2. The molecule has 0 saturated carbocycles. The predicted molar refractivity (Wildman–Crippen MR) is 125 cm³/mol. The Hall–Kier alpha value is -3.65. The van der Waals surface area contributed by atoms with Crippen molar-refractivity contribution in [3.05, 3.63) is 86.6 Å². The minimum absolute atomic E-state index is 0.0196. The molecule has 1 aromatic heterocycles. The number of nitrogens with zero attached hydrogens (tertiary/aromatic N) is 2. The Morgan fingerprint density at radius 3 is 2.45 bits per heavy atom. The molecule has 0 aliphatic carbocycles. The third-order valence-corrected chi connectivity index (χ3v) is 6.66. The first-order valence-electron chi connectivity index (χ1n) is 10.3. The molecular weight excluding hydrogens is 440 g/mol. The van der Waals surface area contributed by atoms with Gasteiger partial charge in [0.05, 0.1) is 41.4 Å². The first-order valence-corrected chi connectivity index (χ1v) is 11.2. The number of rotatable bonds is 7. The van der Waals surface area contributed by atoms with E-state index in [2.05, 4.69) is 4.98 Å². The molecule has 170 valence electrons. The first-order chi connectivity index (χ1) is 15.8. The summed E-state index contributed by atoms with van der Waals surface area (Å²) in [4.78, 5) is 33.1. The van der Waals surface area contributed by atoms with E-state index in [-0.39, 0.29) is 12.1 Å². The highest BCUT2D eigenvalue weighted by atomic mass is 32.1. The Morgan fingerprint density at radius 1 is 1.12 bits per heavy atom. The molecule has 4 rings (SSSR count). The third-order valence-electron chi connectivity index (χ3n) is 5.59. The van der Waals surface area contributed by atoms with Crippen LogP contribution in [-0.2, 0) is 11.3 Å². The minimum Gasteiger partial charge on any atom is -0.503 e. The van der Waals surface area contributed by atoms with Gasteiger partial charge in [-0.3, -0.25) is 9.59 Å². The van der Waals surface area contributed by atoms with Gasteiger partial charge in [-0.1, -0.05) is 30.3 Å². The van der Waals surface area contributed by atoms with Crippen LogP contribution < -0.4 is 9.47 Å². The largest absolute Gasteiger partial charge is 0.503 e. The van der Waals surface area contributed by atoms with Crippen LogP contribution in [0.3, 0.4) is 0 Å². The van der Waals surface area contributed by atoms with Gasteiger partial charge in [0.15, 0.2) is 5.76 Å². The molecule has 7 nitrogen and oxygen atoms in total. The van der Waals surface area contributed by atoms with Gasteiger partial charge in [-0.05, 0) is 31.5 Å². The maximum absolute atomic E-state index is 13.6. The Morgan fingerprint density at radius 2 is 1.85 bits per heavy atom. The van der Waals surface area contributed by atoms with Crippen molar-refractivity contribution in [2.75, 3.05) is 14.2 Å². The number of methoxy groups -OCH3 is 2. The third kappa shape index (κ3) is 4.09. The maximum Gasteiger partial charge on any atom is 0.290 e. The van der Waals surface area contributed by atoms with Crippen LogP contribution >= 0.6 is 11.3 Å². The highest BCUT2D eigenvalue weighted by Gasteiger charge is 2.45. The van der Waals surface area contributed by atoms with E-state index in [0.29, 0.717) is 27.6 Å². The molecule has 3 aromatic rings. The van der Waals surface area contributed by atoms with Gasteiger partial charge in [0.25, 0.3) is 5.91 Å². The Kier molecular flexibility index (Phi) is 6.20. The zero-order valence-electron chi connectivity index (χ0n) is 18.8. The number of amides is 1. The maximum atomic E-state index is 13.6. The Bertz CT molecular complexity index is 1250. The zero-order valence-corrected chi connectivity index (χ0v) is 19.6. The van der Waals surface area contributed by atoms with Crippen LogP contribution in [0.15, 0.2) is 59.9 Å². The lowest BCUT2D eigenvalue weighted by Gasteiger charge is -2.28. The standard InChI is InChI=1S/C25H24N2O5S/c1-14-24(33-15(2)26-14)22(28)20-21(18-11-10-17(31-3)12-19(18)32-4)27(25(30)23(20)29)13-16-8-6-5-7-9-16/h5-12,21,29H,13H2,1-4H3. The summed E-state index contributed by atoms with van der Waals surface area (Å²) in [5.41, 5.74) is 2.03. The van der Waals surface area contributed by atoms with E-state index in [0.717, 1.165) is 10.6 Å². The highest BCUT2D eigenvalue weighted by molar-refractivity contribution is 7.14. The summed E-state index contributed by atoms with van der Waals surface area (Å²) in [6, 6.07) is 13.8. The van der Waals surface area contributed by atoms with Gasteiger partial charge >= 0.3 is 0 Å². The van der Waals surface area contributed by atoms with Crippen molar-refractivity contribution in [3.8, 4) is 11.5 Å². The molecule has 2 aromatic carbocycles. The molecule has 1 unspecified atom stereocenters. The van der Waals surface area contributed by atoms with E-state index in [4.69, 9.17) is 9.47 Å². The summed E-state index contributed by atoms with van der Waals surface area (Å²) in [5.74, 6) is -0.553. The van der Waals surface area contributed by atoms with Crippen LogP contribution in [-0.4, -0.2) is 40.9 Å². The molecule has 0 radical (unpaired) electrons. The minimum atomic E-state index is -0.840. The van der Waals surface area contributed by atoms with Crippen molar-refractivity contribution in [1.29, 1.82) is 0 Å². The summed E-state index contributed by atoms with van der Waals surface area (Å²) in [5, 5.41) is 11.7. The number of aliphatic hydroxyl groups excluding tert-OH is 1. The molecule has 1 atom stereocenters. The Balaban J connectivity index is 1.87. The summed E-state index contributed by atoms with van der Waals surface area (Å²) in [6.45, 7) is 3.77. The molecule has 8 heteroatoms. The zero-order chi connectivity index (χ0) is 23.7. The number of hydrogen-bond acceptors (Lipinski definition) is 7. The second-order valence-electron chi connectivity index (χ2n) is 7.67. The number of ether oxygens (including phenoxy) is 2. The van der Waals surface area contributed by atoms with E-state index >= 15 is 0 Å². The number of carbonyl (C=O) groups is 2. The smallest absolute Gasteiger partial charge is 0.290 e. The van der Waals surface area contributed by atoms with Crippen LogP contribution in [0.25, 0.3) is 0 Å². The molecule has 33 heavy (non-hydrogen) atoms. The molecule has 1 aliphatic rings. The summed E-state index contributed by atoms with van der Waals surface area (Å²) in [7, 11) is 3.06. The van der Waals surface area contributed by atoms with Crippen molar-refractivity contribution >= 4 is 23.0 Å². The van der Waals surface area contributed by atoms with Gasteiger partial charge in [-0.15, -0.1) is 11.3 Å². The number of thiazole rings is 1. The molecule has 1 N–H and O–H groups in total. The number of ketones is 1. The van der Waals surface area contributed by atoms with Gasteiger partial charge in [-0.2, -0.15) is 0 Å². The van der Waals surface area contributed by atoms with E-state index in [9.17, 15) is 14.7 Å². The number of Topliss-reactive ketones (excluding diaryl/α,β-unsaturated/α-hetero) is 1. The van der Waals surface area contributed by atoms with Crippen LogP contribution in [0.2, 0.25) is 0 Å². The van der Waals surface area contributed by atoms with Gasteiger partial charge in [0.2, 0.25) is 5.78 Å². The molecular formula is C25H24N2O5S. The van der Waals surface area contributed by atoms with Crippen LogP contribution in [0.1, 0.15) is 37.5 Å². The SMILES string of the molecule is COc1ccc(C2C(C(=O)c3sc(C)nc3C)=C(O)C(=O)N2Cc2ccccc2)c(OC)c1. The number of aliphatic hydroxyl groups is 1. The normalized spacial score (nSPS) is 15.8. The lowest BCUT2D eigenvalue weighted by molar-refractivity contribution is -0.130. The van der Waals surface area contributed by atoms with Gasteiger partial charge in [0.1, 0.15) is 11.5 Å². The Labute approximate surface area is 195 Å². The molecule has 2 heterocycles. The summed E-state index contributed by atoms with van der Waals surface area (Å²) < 4.78 is 10.9. The van der Waals surface area contributed by atoms with E-state index in [1.807, 2.05) is 37.3 Å². The quantitative estimate of drug-likeness (QED) is 0.516. The molecule has 0 fully saturated rings. The fourth-order valence-corrected chi connectivity index (χ4v) is 4.93. The van der Waals surface area contributed by atoms with Crippen LogP contribution in [0.4, 0.5) is 0 Å². The van der Waals surface area contributed by atoms with Crippen molar-refractivity contribution in [2.24, 2.45) is 0 Å². The van der Waals surface area contributed by atoms with Crippen molar-refractivity contribution in [2.45, 2.75) is 26.4 Å². The number of aromatic nitrogens is 1. The molecule has 0 spiro atoms. The molecule has 0 bridgehead atoms. The monoisotopic (exact) mass is 464 g/mol. The molecule has 1 amide bonds. The summed E-state index contributed by atoms with van der Waals surface area (Å²) in [6.07, 6.45) is 0. The van der Waals surface area contributed by atoms with Gasteiger partial charge in [0, 0.05) is 18.2 Å². The highest BCUT2D eigenvalue weighted by Crippen LogP contribution is 2.44. The van der Waals surface area contributed by atoms with Crippen molar-refractivity contribution < 1.29 is 24.2 Å². The van der Waals surface area contributed by atoms with Crippen LogP contribution in [0.5, 0.6) is 11.5 Å². The lowest BCUT2D eigenvalue weighted by Crippen LogP contribution is -2.31. The van der Waals surface area contributed by atoms with E-state index in [1.54, 1.807) is 32.2 Å². The second-order valence-corrected chi connectivity index (χ2v) is 8.87. The summed E-state index contributed by atoms with van der Waals surface area (Å²) >= 11 is 1.24. The lowest BCUT2D eigenvalue weighted by atomic mass is 9.94. The van der Waals surface area contributed by atoms with Crippen molar-refractivity contribution in [3.63, 3.8) is 0 Å². The average molecular weight is 465 g/mol. The number of hydrogen-bond donors (Lipinski definition) is 1. The topological polar surface area (TPSA) is 89.0 Å². The predicted octanol–water partition coefficient (Wildman–Crippen LogP) is 4.56. The fourth-order valence-electron chi connectivity index (χ4n) is 4.06. The first kappa shape index (κ1) is 22.5. The van der Waals surface area contributed by atoms with Crippen LogP contribution in [0, 0.1) is 13.8 Å². The number of aryl methyl sites for hydroxylation is 2. The molecule has 1 aliphatic heterocycles.